The molecule has 2 heterocycles. The van der Waals surface area contributed by atoms with E-state index in [1.807, 2.05) is 0 Å². The highest BCUT2D eigenvalue weighted by Crippen LogP contribution is 2.22. The zero-order chi connectivity index (χ0) is 13.5. The van der Waals surface area contributed by atoms with Crippen LogP contribution in [0.15, 0.2) is 6.33 Å². The van der Waals surface area contributed by atoms with Crippen LogP contribution in [0.2, 0.25) is 0 Å². The maximum Gasteiger partial charge on any atom is 0.148 e. The molecule has 1 aromatic heterocycles. The third-order valence-electron chi connectivity index (χ3n) is 3.48. The smallest absolute Gasteiger partial charge is 0.148 e. The summed E-state index contributed by atoms with van der Waals surface area (Å²) in [5.74, 6) is 7.78. The van der Waals surface area contributed by atoms with Crippen LogP contribution in [-0.4, -0.2) is 29.7 Å². The molecular weight excluding hydrogens is 242 g/mol. The summed E-state index contributed by atoms with van der Waals surface area (Å²) >= 11 is 0. The van der Waals surface area contributed by atoms with Gasteiger partial charge in [0.15, 0.2) is 0 Å². The molecule has 6 nitrogen and oxygen atoms in total. The molecule has 1 aliphatic heterocycles. The highest BCUT2D eigenvalue weighted by atomic mass is 16.5. The van der Waals surface area contributed by atoms with Gasteiger partial charge in [-0.15, -0.1) is 0 Å². The molecule has 1 aliphatic rings. The van der Waals surface area contributed by atoms with E-state index in [1.54, 1.807) is 6.33 Å². The van der Waals surface area contributed by atoms with E-state index in [2.05, 4.69) is 27.6 Å². The van der Waals surface area contributed by atoms with Crippen LogP contribution in [0.5, 0.6) is 0 Å². The summed E-state index contributed by atoms with van der Waals surface area (Å²) in [6.07, 6.45) is 5.72. The van der Waals surface area contributed by atoms with E-state index in [0.29, 0.717) is 11.7 Å². The molecule has 0 aliphatic carbocycles. The Morgan fingerprint density at radius 1 is 1.32 bits per heavy atom. The van der Waals surface area contributed by atoms with Gasteiger partial charge in [0.2, 0.25) is 0 Å². The molecule has 2 rings (SSSR count). The third-order valence-corrected chi connectivity index (χ3v) is 3.48. The Morgan fingerprint density at radius 2 is 2.05 bits per heavy atom. The van der Waals surface area contributed by atoms with Crippen LogP contribution in [-0.2, 0) is 11.2 Å². The van der Waals surface area contributed by atoms with Gasteiger partial charge in [-0.2, -0.15) is 0 Å². The number of nitrogens with zero attached hydrogens (tertiary/aromatic N) is 2. The van der Waals surface area contributed by atoms with Gasteiger partial charge in [0, 0.05) is 25.3 Å². The Bertz CT molecular complexity index is 393. The molecule has 0 spiro atoms. The molecule has 0 unspecified atom stereocenters. The molecule has 1 aromatic rings. The van der Waals surface area contributed by atoms with Crippen molar-refractivity contribution in [2.75, 3.05) is 30.5 Å². The van der Waals surface area contributed by atoms with E-state index in [4.69, 9.17) is 10.6 Å². The number of hydrogen-bond donors (Lipinski definition) is 3. The SMILES string of the molecule is CCCc1c(NN)ncnc1NCC1CCOCC1. The Labute approximate surface area is 114 Å². The Morgan fingerprint density at radius 3 is 2.74 bits per heavy atom. The summed E-state index contributed by atoms with van der Waals surface area (Å²) in [6.45, 7) is 4.80. The van der Waals surface area contributed by atoms with Gasteiger partial charge in [0.1, 0.15) is 18.0 Å². The number of nitrogen functional groups attached to an aromatic ring is 1. The largest absolute Gasteiger partial charge is 0.381 e. The number of nitrogens with two attached hydrogens (primary N) is 1. The number of nitrogens with one attached hydrogen (secondary N) is 2. The zero-order valence-corrected chi connectivity index (χ0v) is 11.5. The van der Waals surface area contributed by atoms with Crippen LogP contribution in [0.3, 0.4) is 0 Å². The fraction of sp³-hybridized carbons (Fsp3) is 0.692. The van der Waals surface area contributed by atoms with Crippen molar-refractivity contribution in [2.24, 2.45) is 11.8 Å². The van der Waals surface area contributed by atoms with Crippen molar-refractivity contribution in [3.8, 4) is 0 Å². The van der Waals surface area contributed by atoms with E-state index < -0.39 is 0 Å². The second-order valence-electron chi connectivity index (χ2n) is 4.88. The van der Waals surface area contributed by atoms with Gasteiger partial charge in [-0.3, -0.25) is 0 Å². The maximum atomic E-state index is 5.50. The first kappa shape index (κ1) is 14.0. The zero-order valence-electron chi connectivity index (χ0n) is 11.5. The molecule has 0 radical (unpaired) electrons. The minimum absolute atomic E-state index is 0.660. The van der Waals surface area contributed by atoms with E-state index in [0.717, 1.165) is 56.8 Å². The lowest BCUT2D eigenvalue weighted by atomic mass is 10.0. The lowest BCUT2D eigenvalue weighted by molar-refractivity contribution is 0.0699. The highest BCUT2D eigenvalue weighted by molar-refractivity contribution is 5.56. The molecule has 0 bridgehead atoms. The van der Waals surface area contributed by atoms with E-state index in [9.17, 15) is 0 Å². The lowest BCUT2D eigenvalue weighted by Crippen LogP contribution is -2.23. The summed E-state index contributed by atoms with van der Waals surface area (Å²) in [4.78, 5) is 8.51. The summed E-state index contributed by atoms with van der Waals surface area (Å²) in [7, 11) is 0. The monoisotopic (exact) mass is 265 g/mol. The number of rotatable bonds is 6. The number of ether oxygens (including phenoxy) is 1. The van der Waals surface area contributed by atoms with E-state index in [-0.39, 0.29) is 0 Å². The van der Waals surface area contributed by atoms with Gasteiger partial charge in [0.25, 0.3) is 0 Å². The van der Waals surface area contributed by atoms with Crippen molar-refractivity contribution in [2.45, 2.75) is 32.6 Å². The van der Waals surface area contributed by atoms with Crippen molar-refractivity contribution >= 4 is 11.6 Å². The second-order valence-corrected chi connectivity index (χ2v) is 4.88. The first-order valence-corrected chi connectivity index (χ1v) is 6.97. The summed E-state index contributed by atoms with van der Waals surface area (Å²) < 4.78 is 5.37. The van der Waals surface area contributed by atoms with Crippen LogP contribution in [0.25, 0.3) is 0 Å². The lowest BCUT2D eigenvalue weighted by Gasteiger charge is -2.23. The molecule has 4 N–H and O–H groups in total. The predicted molar refractivity (Wildman–Crippen MR) is 75.9 cm³/mol. The highest BCUT2D eigenvalue weighted by Gasteiger charge is 2.15. The second kappa shape index (κ2) is 7.25. The molecule has 6 heteroatoms. The molecule has 1 saturated heterocycles. The molecule has 0 saturated carbocycles. The molecule has 0 atom stereocenters. The summed E-state index contributed by atoms with van der Waals surface area (Å²) in [5, 5.41) is 3.44. The summed E-state index contributed by atoms with van der Waals surface area (Å²) in [5.41, 5.74) is 3.72. The maximum absolute atomic E-state index is 5.50. The van der Waals surface area contributed by atoms with Gasteiger partial charge >= 0.3 is 0 Å². The molecule has 106 valence electrons. The Balaban J connectivity index is 2.01. The van der Waals surface area contributed by atoms with Crippen LogP contribution in [0.4, 0.5) is 11.6 Å². The predicted octanol–water partition coefficient (Wildman–Crippen LogP) is 1.55. The number of anilines is 2. The van der Waals surface area contributed by atoms with Gasteiger partial charge in [-0.1, -0.05) is 13.3 Å². The third kappa shape index (κ3) is 3.78. The average Bonchev–Trinajstić information content (AvgIpc) is 2.47. The van der Waals surface area contributed by atoms with E-state index >= 15 is 0 Å². The number of hydrazine groups is 1. The average molecular weight is 265 g/mol. The number of hydrogen-bond acceptors (Lipinski definition) is 6. The first-order chi connectivity index (χ1) is 9.35. The van der Waals surface area contributed by atoms with E-state index in [1.165, 1.54) is 0 Å². The minimum Gasteiger partial charge on any atom is -0.381 e. The van der Waals surface area contributed by atoms with Gasteiger partial charge < -0.3 is 15.5 Å². The summed E-state index contributed by atoms with van der Waals surface area (Å²) in [6, 6.07) is 0. The van der Waals surface area contributed by atoms with Crippen molar-refractivity contribution in [3.05, 3.63) is 11.9 Å². The number of aromatic nitrogens is 2. The van der Waals surface area contributed by atoms with Crippen LogP contribution < -0.4 is 16.6 Å². The normalized spacial score (nSPS) is 16.3. The quantitative estimate of drug-likeness (QED) is 0.534. The van der Waals surface area contributed by atoms with Crippen molar-refractivity contribution < 1.29 is 4.74 Å². The van der Waals surface area contributed by atoms with Crippen LogP contribution >= 0.6 is 0 Å². The fourth-order valence-corrected chi connectivity index (χ4v) is 2.37. The van der Waals surface area contributed by atoms with Crippen LogP contribution in [0, 0.1) is 5.92 Å². The molecular formula is C13H23N5O. The van der Waals surface area contributed by atoms with Crippen molar-refractivity contribution in [1.82, 2.24) is 9.97 Å². The fourth-order valence-electron chi connectivity index (χ4n) is 2.37. The van der Waals surface area contributed by atoms with Crippen molar-refractivity contribution in [3.63, 3.8) is 0 Å². The Hall–Kier alpha value is -1.40. The van der Waals surface area contributed by atoms with Gasteiger partial charge in [0.05, 0.1) is 0 Å². The topological polar surface area (TPSA) is 85.1 Å². The van der Waals surface area contributed by atoms with Gasteiger partial charge in [-0.05, 0) is 25.2 Å². The van der Waals surface area contributed by atoms with Gasteiger partial charge in [-0.25, -0.2) is 15.8 Å². The molecule has 0 aromatic carbocycles. The Kier molecular flexibility index (Phi) is 5.35. The molecule has 1 fully saturated rings. The minimum atomic E-state index is 0.660. The molecule has 19 heavy (non-hydrogen) atoms. The standard InChI is InChI=1S/C13H23N5O/c1-2-3-11-12(16-9-17-13(11)18-14)15-8-10-4-6-19-7-5-10/h9-10H,2-8,14H2,1H3,(H2,15,16,17,18). The van der Waals surface area contributed by atoms with Crippen molar-refractivity contribution in [1.29, 1.82) is 0 Å². The first-order valence-electron chi connectivity index (χ1n) is 6.97. The van der Waals surface area contributed by atoms with Crippen LogP contribution in [0.1, 0.15) is 31.7 Å². The molecule has 0 amide bonds.